The fourth-order valence-electron chi connectivity index (χ4n) is 3.24. The maximum Gasteiger partial charge on any atom is 0.238 e. The minimum absolute atomic E-state index is 0.119. The van der Waals surface area contributed by atoms with Crippen molar-refractivity contribution in [1.29, 1.82) is 0 Å². The molecule has 0 spiro atoms. The van der Waals surface area contributed by atoms with Crippen molar-refractivity contribution in [2.45, 2.75) is 0 Å². The molecule has 0 radical (unpaired) electrons. The van der Waals surface area contributed by atoms with E-state index in [2.05, 4.69) is 25.6 Å². The maximum absolute atomic E-state index is 12.1. The molecule has 3 heterocycles. The zero-order valence-corrected chi connectivity index (χ0v) is 18.6. The number of halogens is 1. The summed E-state index contributed by atoms with van der Waals surface area (Å²) in [6.07, 6.45) is 3.51. The van der Waals surface area contributed by atoms with Gasteiger partial charge in [0.15, 0.2) is 5.15 Å². The summed E-state index contributed by atoms with van der Waals surface area (Å²) in [5.74, 6) is 0.809. The van der Waals surface area contributed by atoms with Gasteiger partial charge in [0, 0.05) is 18.1 Å². The van der Waals surface area contributed by atoms with Gasteiger partial charge in [0.1, 0.15) is 17.1 Å². The molecule has 0 bridgehead atoms. The Kier molecular flexibility index (Phi) is 6.20. The lowest BCUT2D eigenvalue weighted by Crippen LogP contribution is -2.27. The molecular formula is C22H22ClN7O2. The molecule has 0 fully saturated rings. The first-order valence-corrected chi connectivity index (χ1v) is 10.2. The second kappa shape index (κ2) is 9.21. The van der Waals surface area contributed by atoms with Crippen molar-refractivity contribution < 1.29 is 9.53 Å². The number of aromatic nitrogens is 4. The minimum Gasteiger partial charge on any atom is -0.495 e. The van der Waals surface area contributed by atoms with E-state index in [-0.39, 0.29) is 12.5 Å². The van der Waals surface area contributed by atoms with E-state index in [1.54, 1.807) is 42.5 Å². The van der Waals surface area contributed by atoms with Crippen molar-refractivity contribution in [1.82, 2.24) is 24.3 Å². The fraction of sp³-hybridized carbons (Fsp3) is 0.182. The number of carbonyl (C=O) groups is 1. The van der Waals surface area contributed by atoms with Gasteiger partial charge in [-0.2, -0.15) is 0 Å². The van der Waals surface area contributed by atoms with Gasteiger partial charge in [-0.15, -0.1) is 0 Å². The Morgan fingerprint density at radius 3 is 2.81 bits per heavy atom. The van der Waals surface area contributed by atoms with E-state index in [0.29, 0.717) is 39.6 Å². The van der Waals surface area contributed by atoms with E-state index in [0.717, 1.165) is 5.65 Å². The average Bonchev–Trinajstić information content (AvgIpc) is 3.09. The third-order valence-electron chi connectivity index (χ3n) is 4.58. The molecule has 10 heteroatoms. The number of carbonyl (C=O) groups excluding carboxylic acids is 1. The van der Waals surface area contributed by atoms with Crippen molar-refractivity contribution in [3.63, 3.8) is 0 Å². The van der Waals surface area contributed by atoms with Crippen molar-refractivity contribution in [2.75, 3.05) is 38.4 Å². The van der Waals surface area contributed by atoms with Crippen LogP contribution in [0, 0.1) is 0 Å². The minimum atomic E-state index is -0.119. The molecule has 1 aromatic carbocycles. The number of imidazole rings is 1. The summed E-state index contributed by atoms with van der Waals surface area (Å²) >= 11 is 6.39. The molecule has 0 unspecified atom stereocenters. The molecule has 3 aromatic heterocycles. The number of hydrogen-bond acceptors (Lipinski definition) is 7. The molecule has 0 aliphatic heterocycles. The Hall–Kier alpha value is -3.69. The molecule has 0 atom stereocenters. The molecule has 2 N–H and O–H groups in total. The van der Waals surface area contributed by atoms with Crippen molar-refractivity contribution in [2.24, 2.45) is 0 Å². The molecule has 32 heavy (non-hydrogen) atoms. The summed E-state index contributed by atoms with van der Waals surface area (Å²) in [6.45, 7) is 0.278. The SMILES string of the molecule is COc1ccc(NC(=O)CN(C)C)cc1Nc1nccc(-c2c(Cl)nc3ccccn23)n1. The number of anilines is 3. The first-order chi connectivity index (χ1) is 15.4. The molecule has 4 aromatic rings. The Bertz CT molecular complexity index is 1270. The van der Waals surface area contributed by atoms with Gasteiger partial charge in [0.25, 0.3) is 0 Å². The highest BCUT2D eigenvalue weighted by molar-refractivity contribution is 6.32. The Balaban J connectivity index is 1.64. The van der Waals surface area contributed by atoms with E-state index in [1.807, 2.05) is 42.9 Å². The third kappa shape index (κ3) is 4.63. The van der Waals surface area contributed by atoms with Gasteiger partial charge in [0.2, 0.25) is 11.9 Å². The van der Waals surface area contributed by atoms with Crippen LogP contribution in [0.4, 0.5) is 17.3 Å². The van der Waals surface area contributed by atoms with Crippen LogP contribution >= 0.6 is 11.6 Å². The van der Waals surface area contributed by atoms with Crippen LogP contribution in [0.2, 0.25) is 5.15 Å². The van der Waals surface area contributed by atoms with Gasteiger partial charge in [-0.25, -0.2) is 15.0 Å². The van der Waals surface area contributed by atoms with Crippen LogP contribution in [0.15, 0.2) is 54.9 Å². The van der Waals surface area contributed by atoms with E-state index in [9.17, 15) is 4.79 Å². The molecular weight excluding hydrogens is 430 g/mol. The monoisotopic (exact) mass is 451 g/mol. The number of methoxy groups -OCH3 is 1. The topological polar surface area (TPSA) is 96.7 Å². The first kappa shape index (κ1) is 21.5. The van der Waals surface area contributed by atoms with Crippen LogP contribution < -0.4 is 15.4 Å². The van der Waals surface area contributed by atoms with Gasteiger partial charge < -0.3 is 20.3 Å². The quantitative estimate of drug-likeness (QED) is 0.442. The molecule has 1 amide bonds. The molecule has 9 nitrogen and oxygen atoms in total. The van der Waals surface area contributed by atoms with Crippen LogP contribution in [0.3, 0.4) is 0 Å². The number of nitrogens with zero attached hydrogens (tertiary/aromatic N) is 5. The summed E-state index contributed by atoms with van der Waals surface area (Å²) in [7, 11) is 5.24. The van der Waals surface area contributed by atoms with Gasteiger partial charge in [-0.1, -0.05) is 17.7 Å². The zero-order valence-electron chi connectivity index (χ0n) is 17.8. The summed E-state index contributed by atoms with van der Waals surface area (Å²) in [5, 5.41) is 6.38. The van der Waals surface area contributed by atoms with E-state index in [1.165, 1.54) is 0 Å². The number of pyridine rings is 1. The summed E-state index contributed by atoms with van der Waals surface area (Å²) < 4.78 is 7.32. The number of nitrogens with one attached hydrogen (secondary N) is 2. The highest BCUT2D eigenvalue weighted by atomic mass is 35.5. The highest BCUT2D eigenvalue weighted by Crippen LogP contribution is 2.31. The first-order valence-electron chi connectivity index (χ1n) is 9.80. The Labute approximate surface area is 190 Å². The second-order valence-corrected chi connectivity index (χ2v) is 7.63. The van der Waals surface area contributed by atoms with Gasteiger partial charge in [0.05, 0.1) is 25.0 Å². The lowest BCUT2D eigenvalue weighted by atomic mass is 10.2. The van der Waals surface area contributed by atoms with Crippen LogP contribution in [0.5, 0.6) is 5.75 Å². The Morgan fingerprint density at radius 2 is 2.03 bits per heavy atom. The summed E-state index contributed by atoms with van der Waals surface area (Å²) in [6, 6.07) is 12.7. The predicted molar refractivity (Wildman–Crippen MR) is 125 cm³/mol. The number of ether oxygens (including phenoxy) is 1. The largest absolute Gasteiger partial charge is 0.495 e. The predicted octanol–water partition coefficient (Wildman–Crippen LogP) is 3.70. The standard InChI is InChI=1S/C22H22ClN7O2/c1-29(2)13-19(31)25-14-7-8-17(32-3)16(12-14)27-22-24-10-9-15(26-22)20-21(23)28-18-6-4-5-11-30(18)20/h4-12H,13H2,1-3H3,(H,25,31)(H,24,26,27). The molecule has 0 saturated heterocycles. The fourth-order valence-corrected chi connectivity index (χ4v) is 3.51. The maximum atomic E-state index is 12.1. The van der Waals surface area contributed by atoms with Crippen molar-refractivity contribution in [3.05, 3.63) is 60.0 Å². The number of benzene rings is 1. The van der Waals surface area contributed by atoms with E-state index in [4.69, 9.17) is 16.3 Å². The van der Waals surface area contributed by atoms with Gasteiger partial charge in [-0.3, -0.25) is 9.20 Å². The number of rotatable bonds is 7. The lowest BCUT2D eigenvalue weighted by Gasteiger charge is -2.14. The van der Waals surface area contributed by atoms with Crippen LogP contribution in [-0.2, 0) is 4.79 Å². The van der Waals surface area contributed by atoms with Crippen molar-refractivity contribution >= 4 is 40.5 Å². The second-order valence-electron chi connectivity index (χ2n) is 7.27. The van der Waals surface area contributed by atoms with Crippen LogP contribution in [-0.4, -0.2) is 57.9 Å². The van der Waals surface area contributed by atoms with Crippen LogP contribution in [0.25, 0.3) is 17.0 Å². The smallest absolute Gasteiger partial charge is 0.238 e. The van der Waals surface area contributed by atoms with Gasteiger partial charge in [-0.05, 0) is 50.5 Å². The zero-order chi connectivity index (χ0) is 22.7. The van der Waals surface area contributed by atoms with Gasteiger partial charge >= 0.3 is 0 Å². The van der Waals surface area contributed by atoms with E-state index < -0.39 is 0 Å². The number of fused-ring (bicyclic) bond motifs is 1. The highest BCUT2D eigenvalue weighted by Gasteiger charge is 2.15. The molecule has 4 rings (SSSR count). The van der Waals surface area contributed by atoms with E-state index >= 15 is 0 Å². The normalized spacial score (nSPS) is 11.0. The molecule has 0 aliphatic rings. The van der Waals surface area contributed by atoms with Crippen molar-refractivity contribution in [3.8, 4) is 17.1 Å². The number of hydrogen-bond donors (Lipinski definition) is 2. The summed E-state index contributed by atoms with van der Waals surface area (Å²) in [4.78, 5) is 27.2. The molecule has 0 aliphatic carbocycles. The lowest BCUT2D eigenvalue weighted by molar-refractivity contribution is -0.116. The average molecular weight is 452 g/mol. The molecule has 164 valence electrons. The molecule has 0 saturated carbocycles. The third-order valence-corrected chi connectivity index (χ3v) is 4.84. The number of amides is 1. The summed E-state index contributed by atoms with van der Waals surface area (Å²) in [5.41, 5.74) is 3.24. The van der Waals surface area contributed by atoms with Crippen LogP contribution in [0.1, 0.15) is 0 Å². The number of likely N-dealkylation sites (N-methyl/N-ethyl adjacent to an activating group) is 1. The Morgan fingerprint density at radius 1 is 1.19 bits per heavy atom.